The first kappa shape index (κ1) is 19.4. The maximum atomic E-state index is 12.1. The van der Waals surface area contributed by atoms with Gasteiger partial charge in [-0.1, -0.05) is 5.10 Å². The second-order valence-corrected chi connectivity index (χ2v) is 6.51. The predicted molar refractivity (Wildman–Crippen MR) is 104 cm³/mol. The molecule has 10 heteroatoms. The maximum absolute atomic E-state index is 12.1. The SMILES string of the molecule is COc1cc(/C=C/C(=O)Nc2nnc(-c3csc(C)n3)o2)cc(OC)c1OC. The number of hydrogen-bond acceptors (Lipinski definition) is 9. The molecular formula is C18H18N4O5S. The number of carbonyl (C=O) groups is 1. The summed E-state index contributed by atoms with van der Waals surface area (Å²) < 4.78 is 21.3. The molecule has 0 fully saturated rings. The minimum absolute atomic E-state index is 0.0137. The largest absolute Gasteiger partial charge is 0.493 e. The van der Waals surface area contributed by atoms with Crippen LogP contribution in [0.25, 0.3) is 17.7 Å². The first-order valence-electron chi connectivity index (χ1n) is 8.09. The van der Waals surface area contributed by atoms with E-state index >= 15 is 0 Å². The zero-order chi connectivity index (χ0) is 20.1. The molecule has 0 unspecified atom stereocenters. The third-order valence-electron chi connectivity index (χ3n) is 3.61. The van der Waals surface area contributed by atoms with Crippen LogP contribution in [0.3, 0.4) is 0 Å². The van der Waals surface area contributed by atoms with Crippen molar-refractivity contribution in [3.05, 3.63) is 34.2 Å². The van der Waals surface area contributed by atoms with Crippen molar-refractivity contribution in [2.75, 3.05) is 26.6 Å². The van der Waals surface area contributed by atoms with Crippen molar-refractivity contribution in [1.29, 1.82) is 0 Å². The van der Waals surface area contributed by atoms with Crippen LogP contribution >= 0.6 is 11.3 Å². The molecule has 3 rings (SSSR count). The predicted octanol–water partition coefficient (Wildman–Crippen LogP) is 3.18. The Kier molecular flexibility index (Phi) is 5.90. The number of amides is 1. The molecule has 1 N–H and O–H groups in total. The topological polar surface area (TPSA) is 109 Å². The van der Waals surface area contributed by atoms with Crippen molar-refractivity contribution in [2.24, 2.45) is 0 Å². The average molecular weight is 402 g/mol. The number of rotatable bonds is 7. The summed E-state index contributed by atoms with van der Waals surface area (Å²) in [7, 11) is 4.57. The molecule has 0 saturated heterocycles. The number of anilines is 1. The maximum Gasteiger partial charge on any atom is 0.322 e. The monoisotopic (exact) mass is 402 g/mol. The smallest absolute Gasteiger partial charge is 0.322 e. The van der Waals surface area contributed by atoms with Crippen LogP contribution in [-0.2, 0) is 4.79 Å². The first-order chi connectivity index (χ1) is 13.5. The van der Waals surface area contributed by atoms with Gasteiger partial charge in [-0.25, -0.2) is 4.98 Å². The van der Waals surface area contributed by atoms with Gasteiger partial charge in [0.25, 0.3) is 11.8 Å². The quantitative estimate of drug-likeness (QED) is 0.600. The zero-order valence-electron chi connectivity index (χ0n) is 15.7. The molecule has 0 aliphatic carbocycles. The van der Waals surface area contributed by atoms with Gasteiger partial charge in [-0.2, -0.15) is 0 Å². The molecule has 0 atom stereocenters. The number of hydrogen-bond donors (Lipinski definition) is 1. The van der Waals surface area contributed by atoms with Crippen molar-refractivity contribution in [1.82, 2.24) is 15.2 Å². The summed E-state index contributed by atoms with van der Waals surface area (Å²) in [6.45, 7) is 1.88. The summed E-state index contributed by atoms with van der Waals surface area (Å²) in [4.78, 5) is 16.4. The van der Waals surface area contributed by atoms with Crippen molar-refractivity contribution < 1.29 is 23.4 Å². The second kappa shape index (κ2) is 8.53. The van der Waals surface area contributed by atoms with Gasteiger partial charge in [0, 0.05) is 11.5 Å². The molecule has 1 amide bonds. The molecule has 0 radical (unpaired) electrons. The summed E-state index contributed by atoms with van der Waals surface area (Å²) in [5.74, 6) is 1.26. The Morgan fingerprint density at radius 2 is 1.86 bits per heavy atom. The van der Waals surface area contributed by atoms with Crippen LogP contribution in [0.1, 0.15) is 10.6 Å². The fourth-order valence-electron chi connectivity index (χ4n) is 2.36. The van der Waals surface area contributed by atoms with Gasteiger partial charge in [0.15, 0.2) is 11.5 Å². The second-order valence-electron chi connectivity index (χ2n) is 5.45. The molecule has 1 aromatic carbocycles. The molecule has 28 heavy (non-hydrogen) atoms. The number of benzene rings is 1. The van der Waals surface area contributed by atoms with Crippen LogP contribution in [0.2, 0.25) is 0 Å². The van der Waals surface area contributed by atoms with Gasteiger partial charge in [0.1, 0.15) is 5.69 Å². The molecule has 9 nitrogen and oxygen atoms in total. The van der Waals surface area contributed by atoms with Gasteiger partial charge in [-0.3, -0.25) is 10.1 Å². The Morgan fingerprint density at radius 1 is 1.14 bits per heavy atom. The third kappa shape index (κ3) is 4.29. The van der Waals surface area contributed by atoms with E-state index in [1.807, 2.05) is 6.92 Å². The Balaban J connectivity index is 1.71. The van der Waals surface area contributed by atoms with Gasteiger partial charge in [-0.15, -0.1) is 16.4 Å². The van der Waals surface area contributed by atoms with E-state index in [0.717, 1.165) is 5.01 Å². The Morgan fingerprint density at radius 3 is 2.43 bits per heavy atom. The van der Waals surface area contributed by atoms with Crippen molar-refractivity contribution in [2.45, 2.75) is 6.92 Å². The minimum Gasteiger partial charge on any atom is -0.493 e. The van der Waals surface area contributed by atoms with Crippen LogP contribution in [0.4, 0.5) is 6.01 Å². The molecule has 0 saturated carbocycles. The highest BCUT2D eigenvalue weighted by Crippen LogP contribution is 2.38. The summed E-state index contributed by atoms with van der Waals surface area (Å²) in [6.07, 6.45) is 2.93. The number of aryl methyl sites for hydroxylation is 1. The Labute approximate surface area is 165 Å². The highest BCUT2D eigenvalue weighted by molar-refractivity contribution is 7.09. The van der Waals surface area contributed by atoms with E-state index in [2.05, 4.69) is 20.5 Å². The lowest BCUT2D eigenvalue weighted by Gasteiger charge is -2.12. The number of methoxy groups -OCH3 is 3. The van der Waals surface area contributed by atoms with Crippen molar-refractivity contribution in [3.8, 4) is 28.8 Å². The van der Waals surface area contributed by atoms with Crippen molar-refractivity contribution >= 4 is 29.3 Å². The number of aromatic nitrogens is 3. The van der Waals surface area contributed by atoms with E-state index in [1.54, 1.807) is 23.6 Å². The van der Waals surface area contributed by atoms with Crippen LogP contribution in [-0.4, -0.2) is 42.4 Å². The molecule has 0 aliphatic heterocycles. The lowest BCUT2D eigenvalue weighted by Crippen LogP contribution is -2.07. The summed E-state index contributed by atoms with van der Waals surface area (Å²) >= 11 is 1.47. The molecule has 146 valence electrons. The number of carbonyl (C=O) groups excluding carboxylic acids is 1. The van der Waals surface area contributed by atoms with E-state index in [0.29, 0.717) is 28.5 Å². The average Bonchev–Trinajstić information content (AvgIpc) is 3.34. The molecule has 3 aromatic rings. The Hall–Kier alpha value is -3.40. The van der Waals surface area contributed by atoms with Gasteiger partial charge in [0.2, 0.25) is 5.75 Å². The van der Waals surface area contributed by atoms with Gasteiger partial charge < -0.3 is 18.6 Å². The molecular weight excluding hydrogens is 384 g/mol. The van der Waals surface area contributed by atoms with E-state index < -0.39 is 5.91 Å². The van der Waals surface area contributed by atoms with Crippen LogP contribution in [0.15, 0.2) is 28.0 Å². The number of ether oxygens (including phenoxy) is 3. The van der Waals surface area contributed by atoms with E-state index in [1.165, 1.54) is 38.7 Å². The van der Waals surface area contributed by atoms with Gasteiger partial charge >= 0.3 is 6.01 Å². The lowest BCUT2D eigenvalue weighted by atomic mass is 10.1. The highest BCUT2D eigenvalue weighted by Gasteiger charge is 2.14. The standard InChI is InChI=1S/C18H18N4O5S/c1-10-19-12(9-28-10)17-21-22-18(27-17)20-15(23)6-5-11-7-13(24-2)16(26-4)14(8-11)25-3/h5-9H,1-4H3,(H,20,22,23)/b6-5+. The third-order valence-corrected chi connectivity index (χ3v) is 4.38. The van der Waals surface area contributed by atoms with Crippen LogP contribution in [0.5, 0.6) is 17.2 Å². The molecule has 2 aromatic heterocycles. The lowest BCUT2D eigenvalue weighted by molar-refractivity contribution is -0.112. The molecule has 0 spiro atoms. The van der Waals surface area contributed by atoms with E-state index in [4.69, 9.17) is 18.6 Å². The summed E-state index contributed by atoms with van der Waals surface area (Å²) in [5.41, 5.74) is 1.26. The molecule has 0 aliphatic rings. The highest BCUT2D eigenvalue weighted by atomic mass is 32.1. The molecule has 2 heterocycles. The van der Waals surface area contributed by atoms with Crippen LogP contribution < -0.4 is 19.5 Å². The summed E-state index contributed by atoms with van der Waals surface area (Å²) in [5, 5.41) is 12.9. The number of nitrogens with one attached hydrogen (secondary N) is 1. The number of nitrogens with zero attached hydrogens (tertiary/aromatic N) is 3. The number of thiazole rings is 1. The van der Waals surface area contributed by atoms with E-state index in [-0.39, 0.29) is 11.9 Å². The van der Waals surface area contributed by atoms with Gasteiger partial charge in [-0.05, 0) is 30.7 Å². The zero-order valence-corrected chi connectivity index (χ0v) is 16.5. The van der Waals surface area contributed by atoms with Gasteiger partial charge in [0.05, 0.1) is 26.3 Å². The van der Waals surface area contributed by atoms with Crippen LogP contribution in [0, 0.1) is 6.92 Å². The minimum atomic E-state index is -0.432. The van der Waals surface area contributed by atoms with Crippen molar-refractivity contribution in [3.63, 3.8) is 0 Å². The fraction of sp³-hybridized carbons (Fsp3) is 0.222. The fourth-order valence-corrected chi connectivity index (χ4v) is 2.94. The Bertz CT molecular complexity index is 986. The molecule has 0 bridgehead atoms. The van der Waals surface area contributed by atoms with E-state index in [9.17, 15) is 4.79 Å². The first-order valence-corrected chi connectivity index (χ1v) is 8.97. The normalized spacial score (nSPS) is 10.9. The summed E-state index contributed by atoms with van der Waals surface area (Å²) in [6, 6.07) is 3.43.